The topological polar surface area (TPSA) is 146 Å². The number of non-ortho nitro benzene ring substituents is 1. The van der Waals surface area contributed by atoms with Crippen molar-refractivity contribution in [3.63, 3.8) is 0 Å². The third-order valence-corrected chi connectivity index (χ3v) is 5.23. The van der Waals surface area contributed by atoms with Crippen molar-refractivity contribution in [2.45, 2.75) is 0 Å². The molecule has 0 radical (unpaired) electrons. The second-order valence-electron chi connectivity index (χ2n) is 7.16. The number of carboxylic acid groups (broad SMARTS) is 2. The van der Waals surface area contributed by atoms with Gasteiger partial charge >= 0.3 is 11.9 Å². The molecule has 1 aliphatic heterocycles. The smallest absolute Gasteiger partial charge is 0.328 e. The fourth-order valence-corrected chi connectivity index (χ4v) is 3.75. The Morgan fingerprint density at radius 1 is 1.12 bits per heavy atom. The summed E-state index contributed by atoms with van der Waals surface area (Å²) in [5.74, 6) is -1.59. The summed E-state index contributed by atoms with van der Waals surface area (Å²) in [6.45, 7) is 1.43. The van der Waals surface area contributed by atoms with Crippen LogP contribution in [0, 0.1) is 10.1 Å². The highest BCUT2D eigenvalue weighted by molar-refractivity contribution is 8.14. The number of hydrogen-bond donors (Lipinski definition) is 2. The number of nitrogens with zero attached hydrogens (tertiary/aromatic N) is 4. The van der Waals surface area contributed by atoms with Crippen LogP contribution in [0.5, 0.6) is 0 Å². The molecule has 1 aliphatic rings. The third kappa shape index (κ3) is 8.60. The molecule has 0 unspecified atom stereocenters. The fourth-order valence-electron chi connectivity index (χ4n) is 2.74. The fraction of sp³-hybridized carbons (Fsp3) is 0.217. The molecule has 0 aliphatic carbocycles. The lowest BCUT2D eigenvalue weighted by Crippen LogP contribution is -2.16. The number of rotatable bonds is 7. The highest BCUT2D eigenvalue weighted by Crippen LogP contribution is 2.30. The van der Waals surface area contributed by atoms with E-state index in [-0.39, 0.29) is 10.6 Å². The van der Waals surface area contributed by atoms with Crippen molar-refractivity contribution in [3.05, 3.63) is 81.9 Å². The predicted molar refractivity (Wildman–Crippen MR) is 133 cm³/mol. The van der Waals surface area contributed by atoms with Crippen molar-refractivity contribution < 1.29 is 24.7 Å². The summed E-state index contributed by atoms with van der Waals surface area (Å²) < 4.78 is 0. The predicted octanol–water partition coefficient (Wildman–Crippen LogP) is 3.48. The first-order chi connectivity index (χ1) is 16.2. The van der Waals surface area contributed by atoms with E-state index < -0.39 is 11.9 Å². The molecule has 11 heteroatoms. The summed E-state index contributed by atoms with van der Waals surface area (Å²) in [5.41, 5.74) is 3.16. The van der Waals surface area contributed by atoms with Gasteiger partial charge in [0.15, 0.2) is 0 Å². The molecule has 178 valence electrons. The minimum atomic E-state index is -1.26. The Bertz CT molecular complexity index is 1110. The van der Waals surface area contributed by atoms with Crippen molar-refractivity contribution in [1.82, 2.24) is 4.90 Å². The lowest BCUT2D eigenvalue weighted by Gasteiger charge is -2.08. The maximum absolute atomic E-state index is 11.2. The summed E-state index contributed by atoms with van der Waals surface area (Å²) in [4.78, 5) is 41.5. The molecule has 2 N–H and O–H groups in total. The Balaban J connectivity index is 0.000000440. The van der Waals surface area contributed by atoms with Crippen LogP contribution < -0.4 is 0 Å². The lowest BCUT2D eigenvalue weighted by atomic mass is 10.00. The maximum atomic E-state index is 11.2. The van der Waals surface area contributed by atoms with E-state index in [4.69, 9.17) is 20.2 Å². The highest BCUT2D eigenvalue weighted by atomic mass is 32.2. The quantitative estimate of drug-likeness (QED) is 0.345. The van der Waals surface area contributed by atoms with Crippen molar-refractivity contribution in [3.8, 4) is 0 Å². The molecule has 0 saturated carbocycles. The Labute approximate surface area is 200 Å². The normalized spacial score (nSPS) is 12.7. The molecule has 34 heavy (non-hydrogen) atoms. The molecular weight excluding hydrogens is 460 g/mol. The second kappa shape index (κ2) is 13.0. The van der Waals surface area contributed by atoms with Gasteiger partial charge in [0.2, 0.25) is 0 Å². The van der Waals surface area contributed by atoms with Gasteiger partial charge < -0.3 is 15.1 Å². The van der Waals surface area contributed by atoms with Crippen molar-refractivity contribution in [1.29, 1.82) is 0 Å². The number of carboxylic acids is 2. The van der Waals surface area contributed by atoms with E-state index in [1.165, 1.54) is 6.07 Å². The molecule has 0 saturated heterocycles. The minimum Gasteiger partial charge on any atom is -0.478 e. The first-order valence-corrected chi connectivity index (χ1v) is 11.0. The van der Waals surface area contributed by atoms with Gasteiger partial charge in [-0.1, -0.05) is 30.3 Å². The number of thioether (sulfide) groups is 1. The van der Waals surface area contributed by atoms with Gasteiger partial charge in [-0.2, -0.15) is 0 Å². The molecule has 2 aromatic rings. The molecule has 0 aromatic heterocycles. The minimum absolute atomic E-state index is 0.0475. The molecule has 10 nitrogen and oxygen atoms in total. The molecular formula is C23H24N4O6S. The molecule has 0 spiro atoms. The van der Waals surface area contributed by atoms with Crippen molar-refractivity contribution >= 4 is 45.8 Å². The molecule has 3 rings (SSSR count). The second-order valence-corrected chi connectivity index (χ2v) is 8.32. The molecule has 0 atom stereocenters. The standard InChI is InChI=1S/C19H20N4O2S.C4H4O4/c1-22(2)10-11-26-18-13-20-19(14-6-4-3-5-7-14)16-12-15(23(24)25)8-9-17(16)21-18;5-3(6)1-2-4(7)8/h3-9,12H,10-11,13H2,1-2H3;1-2H,(H,5,6)(H,7,8). The number of aliphatic imine (C=N–C) groups is 2. The van der Waals surface area contributed by atoms with Gasteiger partial charge in [-0.15, -0.1) is 11.8 Å². The first kappa shape index (κ1) is 26.4. The van der Waals surface area contributed by atoms with E-state index in [1.54, 1.807) is 23.9 Å². The summed E-state index contributed by atoms with van der Waals surface area (Å²) in [6, 6.07) is 14.5. The number of hydrogen-bond acceptors (Lipinski definition) is 8. The molecule has 0 fully saturated rings. The summed E-state index contributed by atoms with van der Waals surface area (Å²) in [6.07, 6.45) is 1.12. The maximum Gasteiger partial charge on any atom is 0.328 e. The zero-order chi connectivity index (χ0) is 25.1. The van der Waals surface area contributed by atoms with E-state index in [1.807, 2.05) is 44.4 Å². The van der Waals surface area contributed by atoms with Gasteiger partial charge in [-0.25, -0.2) is 14.6 Å². The first-order valence-electron chi connectivity index (χ1n) is 10.0. The van der Waals surface area contributed by atoms with Crippen LogP contribution in [0.1, 0.15) is 11.1 Å². The van der Waals surface area contributed by atoms with E-state index >= 15 is 0 Å². The zero-order valence-corrected chi connectivity index (χ0v) is 19.4. The monoisotopic (exact) mass is 484 g/mol. The van der Waals surface area contributed by atoms with Crippen LogP contribution in [0.25, 0.3) is 0 Å². The number of nitro benzene ring substituents is 1. The molecule has 0 bridgehead atoms. The van der Waals surface area contributed by atoms with Crippen LogP contribution in [-0.2, 0) is 9.59 Å². The van der Waals surface area contributed by atoms with Crippen LogP contribution >= 0.6 is 11.8 Å². The van der Waals surface area contributed by atoms with Crippen LogP contribution in [-0.4, -0.2) is 75.7 Å². The van der Waals surface area contributed by atoms with Crippen molar-refractivity contribution in [2.24, 2.45) is 9.98 Å². The van der Waals surface area contributed by atoms with Crippen LogP contribution in [0.2, 0.25) is 0 Å². The van der Waals surface area contributed by atoms with Gasteiger partial charge in [0.1, 0.15) is 0 Å². The Morgan fingerprint density at radius 2 is 1.76 bits per heavy atom. The number of aliphatic carboxylic acids is 2. The van der Waals surface area contributed by atoms with Gasteiger partial charge in [-0.3, -0.25) is 15.1 Å². The molecule has 2 aromatic carbocycles. The van der Waals surface area contributed by atoms with Crippen LogP contribution in [0.4, 0.5) is 11.4 Å². The lowest BCUT2D eigenvalue weighted by molar-refractivity contribution is -0.384. The largest absolute Gasteiger partial charge is 0.478 e. The van der Waals surface area contributed by atoms with Crippen molar-refractivity contribution in [2.75, 3.05) is 32.9 Å². The van der Waals surface area contributed by atoms with E-state index in [9.17, 15) is 19.7 Å². The number of fused-ring (bicyclic) bond motifs is 1. The zero-order valence-electron chi connectivity index (χ0n) is 18.6. The van der Waals surface area contributed by atoms with E-state index in [0.717, 1.165) is 34.3 Å². The molecule has 0 amide bonds. The van der Waals surface area contributed by atoms with Crippen LogP contribution in [0.3, 0.4) is 0 Å². The Morgan fingerprint density at radius 3 is 2.32 bits per heavy atom. The van der Waals surface area contributed by atoms with Gasteiger partial charge in [0.25, 0.3) is 5.69 Å². The van der Waals surface area contributed by atoms with E-state index in [2.05, 4.69) is 4.90 Å². The average Bonchev–Trinajstić information content (AvgIpc) is 2.97. The Hall–Kier alpha value is -3.83. The summed E-state index contributed by atoms with van der Waals surface area (Å²) in [7, 11) is 4.07. The summed E-state index contributed by atoms with van der Waals surface area (Å²) in [5, 5.41) is 27.8. The number of benzene rings is 2. The number of nitro groups is 1. The molecule has 1 heterocycles. The Kier molecular flexibility index (Phi) is 10.1. The third-order valence-electron chi connectivity index (χ3n) is 4.29. The number of carbonyl (C=O) groups is 2. The van der Waals surface area contributed by atoms with Crippen LogP contribution in [0.15, 0.2) is 70.7 Å². The van der Waals surface area contributed by atoms with Gasteiger partial charge in [0.05, 0.1) is 27.9 Å². The average molecular weight is 485 g/mol. The van der Waals surface area contributed by atoms with Gasteiger partial charge in [-0.05, 0) is 20.2 Å². The van der Waals surface area contributed by atoms with Gasteiger partial charge in [0, 0.05) is 47.7 Å². The van der Waals surface area contributed by atoms with E-state index in [0.29, 0.717) is 24.3 Å². The highest BCUT2D eigenvalue weighted by Gasteiger charge is 2.19. The SMILES string of the molecule is CN(C)CCSC1=Nc2ccc([N+](=O)[O-])cc2C(c2ccccc2)=NC1.O=C(O)C=CC(=O)O. The summed E-state index contributed by atoms with van der Waals surface area (Å²) >= 11 is 1.68.